The lowest BCUT2D eigenvalue weighted by molar-refractivity contribution is -0.384. The number of carbonyl (C=O) groups is 3. The Morgan fingerprint density at radius 2 is 1.70 bits per heavy atom. The van der Waals surface area contributed by atoms with Gasteiger partial charge in [-0.2, -0.15) is 0 Å². The van der Waals surface area contributed by atoms with Gasteiger partial charge in [0.25, 0.3) is 17.5 Å². The van der Waals surface area contributed by atoms with Gasteiger partial charge in [-0.05, 0) is 95.1 Å². The number of ether oxygens (including phenoxy) is 3. The number of benzene rings is 4. The number of non-ortho nitro benzene ring substituents is 1. The number of rotatable bonds is 20. The first-order valence-electron chi connectivity index (χ1n) is 23.0. The first-order valence-corrected chi connectivity index (χ1v) is 23.7. The predicted molar refractivity (Wildman–Crippen MR) is 263 cm³/mol. The molecule has 362 valence electrons. The third-order valence-corrected chi connectivity index (χ3v) is 13.0. The lowest BCUT2D eigenvalue weighted by Gasteiger charge is -2.29. The molecule has 6 aromatic rings. The summed E-state index contributed by atoms with van der Waals surface area (Å²) in [5.41, 5.74) is 6.63. The lowest BCUT2D eigenvalue weighted by atomic mass is 9.91. The topological polar surface area (TPSA) is 213 Å². The maximum atomic E-state index is 14.1. The van der Waals surface area contributed by atoms with Crippen molar-refractivity contribution in [3.8, 4) is 22.1 Å². The Morgan fingerprint density at radius 1 is 0.971 bits per heavy atom. The van der Waals surface area contributed by atoms with Crippen molar-refractivity contribution in [3.63, 3.8) is 0 Å². The molecule has 0 radical (unpaired) electrons. The molecule has 2 aromatic heterocycles. The largest absolute Gasteiger partial charge is 0.491 e. The zero-order valence-corrected chi connectivity index (χ0v) is 39.9. The van der Waals surface area contributed by atoms with Gasteiger partial charge in [-0.15, -0.1) is 5.10 Å². The first kappa shape index (κ1) is 48.9. The number of nitro groups is 1. The number of hydrogen-bond donors (Lipinski definition) is 2. The van der Waals surface area contributed by atoms with Crippen LogP contribution >= 0.6 is 11.5 Å². The van der Waals surface area contributed by atoms with E-state index in [0.717, 1.165) is 44.1 Å². The standard InChI is InChI=1S/C52H53N7O10S/c1-32(2)48(52(63)58-31-40(60)28-45(58)50(61)53-33(3)37-16-18-38(19-17-37)49-34(4)54-56-70-49)46-29-47(55-69-46)68-27-25-66-24-26-67-41-22-14-36(15-23-41)30-57-44-11-6-5-9-42(44)43(51(57)62)10-7-8-35-12-20-39(21-13-35)59(64)65/h5-23,29,32-33,40,45,48,60H,24-28,30-31H2,1-4H3,(H,53,61)/b8-7+,43-10-/t33-,40+,45-,48-/m0/s1. The monoisotopic (exact) mass is 967 g/mol. The van der Waals surface area contributed by atoms with Crippen LogP contribution in [0, 0.1) is 23.0 Å². The van der Waals surface area contributed by atoms with Crippen molar-refractivity contribution in [1.29, 1.82) is 0 Å². The summed E-state index contributed by atoms with van der Waals surface area (Å²) in [6.45, 7) is 8.90. The fourth-order valence-electron chi connectivity index (χ4n) is 8.50. The number of aryl methyl sites for hydroxylation is 1. The Balaban J connectivity index is 0.768. The molecule has 0 aliphatic carbocycles. The number of nitro benzene ring substituents is 1. The summed E-state index contributed by atoms with van der Waals surface area (Å²) >= 11 is 1.33. The maximum Gasteiger partial charge on any atom is 0.269 e. The van der Waals surface area contributed by atoms with Crippen LogP contribution in [0.3, 0.4) is 0 Å². The fourth-order valence-corrected chi connectivity index (χ4v) is 9.16. The van der Waals surface area contributed by atoms with Crippen molar-refractivity contribution in [2.24, 2.45) is 5.92 Å². The van der Waals surface area contributed by atoms with Gasteiger partial charge in [-0.3, -0.25) is 24.5 Å². The minimum atomic E-state index is -0.867. The molecule has 2 N–H and O–H groups in total. The number of para-hydroxylation sites is 1. The number of nitrogens with one attached hydrogen (secondary N) is 1. The van der Waals surface area contributed by atoms with Crippen LogP contribution in [-0.2, 0) is 25.7 Å². The number of aliphatic hydroxyl groups is 1. The average molecular weight is 968 g/mol. The Kier molecular flexibility index (Phi) is 15.6. The highest BCUT2D eigenvalue weighted by Gasteiger charge is 2.43. The van der Waals surface area contributed by atoms with Crippen molar-refractivity contribution in [3.05, 3.63) is 159 Å². The average Bonchev–Trinajstić information content (AvgIpc) is 4.16. The summed E-state index contributed by atoms with van der Waals surface area (Å²) in [6.07, 6.45) is 4.59. The number of carbonyl (C=O) groups excluding carboxylic acids is 3. The Bertz CT molecular complexity index is 2860. The number of nitrogens with zero attached hydrogens (tertiary/aromatic N) is 6. The maximum absolute atomic E-state index is 14.1. The SMILES string of the molecule is Cc1nnsc1-c1ccc([C@H](C)NC(=O)[C@@H]2C[C@@H](O)CN2C(=O)[C@H](c2cc(OCCOCCOc3ccc(CN4C(=O)/C(=C\C=C\c5ccc([N+](=O)[O-])cc5)c5ccccc54)cc3)no2)C(C)C)cc1. The predicted octanol–water partition coefficient (Wildman–Crippen LogP) is 8.11. The van der Waals surface area contributed by atoms with Gasteiger partial charge in [0.1, 0.15) is 30.9 Å². The van der Waals surface area contributed by atoms with E-state index in [9.17, 15) is 29.6 Å². The number of aliphatic hydroxyl groups excluding tert-OH is 1. The Hall–Kier alpha value is -7.54. The minimum Gasteiger partial charge on any atom is -0.491 e. The van der Waals surface area contributed by atoms with E-state index in [1.54, 1.807) is 41.3 Å². The molecule has 0 bridgehead atoms. The van der Waals surface area contributed by atoms with Crippen LogP contribution in [0.15, 0.2) is 120 Å². The molecule has 3 amide bonds. The minimum absolute atomic E-state index is 0.0142. The van der Waals surface area contributed by atoms with Crippen molar-refractivity contribution >= 4 is 52.3 Å². The molecule has 18 heteroatoms. The zero-order valence-electron chi connectivity index (χ0n) is 39.1. The van der Waals surface area contributed by atoms with Crippen LogP contribution in [-0.4, -0.2) is 92.5 Å². The smallest absolute Gasteiger partial charge is 0.269 e. The molecule has 1 saturated heterocycles. The molecule has 4 atom stereocenters. The van der Waals surface area contributed by atoms with E-state index in [0.29, 0.717) is 30.2 Å². The van der Waals surface area contributed by atoms with Crippen molar-refractivity contribution in [2.75, 3.05) is 37.9 Å². The number of fused-ring (bicyclic) bond motifs is 1. The van der Waals surface area contributed by atoms with E-state index in [2.05, 4.69) is 20.1 Å². The van der Waals surface area contributed by atoms with Crippen LogP contribution in [0.2, 0.25) is 0 Å². The van der Waals surface area contributed by atoms with E-state index >= 15 is 0 Å². The zero-order chi connectivity index (χ0) is 49.3. The fraction of sp³-hybridized carbons (Fsp3) is 0.308. The van der Waals surface area contributed by atoms with E-state index in [1.807, 2.05) is 100 Å². The quantitative estimate of drug-likeness (QED) is 0.0321. The second-order valence-electron chi connectivity index (χ2n) is 17.4. The van der Waals surface area contributed by atoms with E-state index in [1.165, 1.54) is 28.6 Å². The molecule has 1 fully saturated rings. The summed E-state index contributed by atoms with van der Waals surface area (Å²) in [5.74, 6) is -0.699. The van der Waals surface area contributed by atoms with Gasteiger partial charge < -0.3 is 39.0 Å². The van der Waals surface area contributed by atoms with Crippen molar-refractivity contribution in [1.82, 2.24) is 25.0 Å². The molecule has 4 aromatic carbocycles. The number of hydrogen-bond acceptors (Lipinski definition) is 14. The molecule has 2 aliphatic heterocycles. The van der Waals surface area contributed by atoms with Crippen LogP contribution in [0.1, 0.15) is 72.9 Å². The molecule has 17 nitrogen and oxygen atoms in total. The van der Waals surface area contributed by atoms with Gasteiger partial charge in [-0.25, -0.2) is 0 Å². The number of likely N-dealkylation sites (tertiary alicyclic amines) is 1. The highest BCUT2D eigenvalue weighted by atomic mass is 32.1. The summed E-state index contributed by atoms with van der Waals surface area (Å²) in [5, 5.41) is 32.8. The summed E-state index contributed by atoms with van der Waals surface area (Å²) in [7, 11) is 0. The van der Waals surface area contributed by atoms with Gasteiger partial charge in [0, 0.05) is 42.3 Å². The Morgan fingerprint density at radius 3 is 2.40 bits per heavy atom. The summed E-state index contributed by atoms with van der Waals surface area (Å²) < 4.78 is 27.0. The molecule has 2 aliphatic rings. The van der Waals surface area contributed by atoms with Crippen LogP contribution in [0.25, 0.3) is 22.1 Å². The van der Waals surface area contributed by atoms with Crippen LogP contribution in [0.5, 0.6) is 11.6 Å². The van der Waals surface area contributed by atoms with Gasteiger partial charge in [0.15, 0.2) is 5.76 Å². The molecular formula is C52H53N7O10S. The highest BCUT2D eigenvalue weighted by Crippen LogP contribution is 2.38. The van der Waals surface area contributed by atoms with E-state index in [-0.39, 0.29) is 74.0 Å². The number of allylic oxidation sites excluding steroid dienone is 2. The third kappa shape index (κ3) is 11.5. The summed E-state index contributed by atoms with van der Waals surface area (Å²) in [4.78, 5) is 56.1. The second-order valence-corrected chi connectivity index (χ2v) is 18.1. The number of anilines is 1. The number of β-amino-alcohol motifs (C(OH)–C–C–N with tert-alkyl or cyclic N) is 1. The normalized spacial score (nSPS) is 17.1. The van der Waals surface area contributed by atoms with Crippen LogP contribution < -0.4 is 19.7 Å². The number of amides is 3. The van der Waals surface area contributed by atoms with Gasteiger partial charge in [-0.1, -0.05) is 85.1 Å². The van der Waals surface area contributed by atoms with E-state index in [4.69, 9.17) is 18.7 Å². The molecule has 0 unspecified atom stereocenters. The van der Waals surface area contributed by atoms with Gasteiger partial charge >= 0.3 is 0 Å². The van der Waals surface area contributed by atoms with E-state index < -0.39 is 23.0 Å². The third-order valence-electron chi connectivity index (χ3n) is 12.1. The molecule has 0 saturated carbocycles. The molecule has 4 heterocycles. The molecular weight excluding hydrogens is 915 g/mol. The van der Waals surface area contributed by atoms with Gasteiger partial charge in [0.05, 0.1) is 53.1 Å². The molecule has 0 spiro atoms. The first-order chi connectivity index (χ1) is 33.8. The van der Waals surface area contributed by atoms with Crippen LogP contribution in [0.4, 0.5) is 11.4 Å². The lowest BCUT2D eigenvalue weighted by Crippen LogP contribution is -2.48. The van der Waals surface area contributed by atoms with Crippen molar-refractivity contribution in [2.45, 2.75) is 64.8 Å². The van der Waals surface area contributed by atoms with Crippen molar-refractivity contribution < 1.29 is 43.1 Å². The summed E-state index contributed by atoms with van der Waals surface area (Å²) in [6, 6.07) is 29.5. The van der Waals surface area contributed by atoms with Gasteiger partial charge in [0.2, 0.25) is 11.8 Å². The molecule has 70 heavy (non-hydrogen) atoms. The number of aromatic nitrogens is 3. The molecule has 8 rings (SSSR count). The Labute approximate surface area is 408 Å². The second kappa shape index (κ2) is 22.3. The highest BCUT2D eigenvalue weighted by molar-refractivity contribution is 7.09.